The van der Waals surface area contributed by atoms with Gasteiger partial charge in [0.15, 0.2) is 0 Å². The number of amides is 1. The Hall–Kier alpha value is -1.31. The fraction of sp³-hybridized carbons (Fsp3) is 0.708. The van der Waals surface area contributed by atoms with Gasteiger partial charge in [-0.05, 0) is 91.4 Å². The number of hydrogen-bond donors (Lipinski definition) is 2. The van der Waals surface area contributed by atoms with Crippen LogP contribution < -0.4 is 10.0 Å². The van der Waals surface area contributed by atoms with Crippen molar-refractivity contribution < 1.29 is 13.9 Å². The number of nitrogens with zero attached hydrogens (tertiary/aromatic N) is 1. The van der Waals surface area contributed by atoms with Crippen LogP contribution >= 0.6 is 11.9 Å². The van der Waals surface area contributed by atoms with Gasteiger partial charge in [-0.3, -0.25) is 4.72 Å². The van der Waals surface area contributed by atoms with E-state index in [4.69, 9.17) is 4.74 Å². The lowest BCUT2D eigenvalue weighted by molar-refractivity contribution is 0.0493. The monoisotopic (exact) mass is 457 g/mol. The van der Waals surface area contributed by atoms with Gasteiger partial charge in [0.05, 0.1) is 0 Å². The lowest BCUT2D eigenvalue weighted by Crippen LogP contribution is -2.44. The van der Waals surface area contributed by atoms with E-state index in [1.165, 1.54) is 18.9 Å². The molecule has 1 heterocycles. The standard InChI is InChI=1S/C20H31FN2O2.C2H7NS.C2H6/c1-15(23-11-7-8-12-23)13-17(22-19(24)25-20(2,3)4)14-16-9-5-6-10-18(16)21;1-3-4-2;1-2/h5-6,9-10,15,17H,7-8,11-14H2,1-4H3,(H,22,24);3H,1-2H3;1-2H3. The van der Waals surface area contributed by atoms with E-state index in [1.807, 2.05) is 54.0 Å². The van der Waals surface area contributed by atoms with Gasteiger partial charge in [-0.1, -0.05) is 44.0 Å². The summed E-state index contributed by atoms with van der Waals surface area (Å²) in [5, 5.41) is 2.95. The molecule has 180 valence electrons. The molecule has 1 aromatic carbocycles. The van der Waals surface area contributed by atoms with E-state index in [1.54, 1.807) is 24.1 Å². The van der Waals surface area contributed by atoms with E-state index in [9.17, 15) is 9.18 Å². The molecule has 2 rings (SSSR count). The fourth-order valence-electron chi connectivity index (χ4n) is 3.34. The summed E-state index contributed by atoms with van der Waals surface area (Å²) < 4.78 is 22.3. The molecular formula is C24H44FN3O2S. The number of carbonyl (C=O) groups excluding carboxylic acids is 1. The minimum atomic E-state index is -0.548. The van der Waals surface area contributed by atoms with E-state index >= 15 is 0 Å². The zero-order valence-electron chi connectivity index (χ0n) is 20.8. The largest absolute Gasteiger partial charge is 0.444 e. The van der Waals surface area contributed by atoms with Crippen molar-refractivity contribution in [3.05, 3.63) is 35.6 Å². The minimum Gasteiger partial charge on any atom is -0.444 e. The van der Waals surface area contributed by atoms with Crippen LogP contribution in [-0.2, 0) is 11.2 Å². The molecule has 0 aromatic heterocycles. The summed E-state index contributed by atoms with van der Waals surface area (Å²) >= 11 is 1.61. The van der Waals surface area contributed by atoms with Crippen LogP contribution in [-0.4, -0.2) is 55.1 Å². The molecule has 2 N–H and O–H groups in total. The van der Waals surface area contributed by atoms with Gasteiger partial charge >= 0.3 is 6.09 Å². The van der Waals surface area contributed by atoms with Crippen molar-refractivity contribution in [1.82, 2.24) is 14.9 Å². The lowest BCUT2D eigenvalue weighted by Gasteiger charge is -2.29. The molecule has 31 heavy (non-hydrogen) atoms. The van der Waals surface area contributed by atoms with Crippen molar-refractivity contribution in [1.29, 1.82) is 0 Å². The second-order valence-corrected chi connectivity index (χ2v) is 9.19. The number of likely N-dealkylation sites (tertiary alicyclic amines) is 1. The molecule has 1 amide bonds. The quantitative estimate of drug-likeness (QED) is 0.519. The van der Waals surface area contributed by atoms with Crippen molar-refractivity contribution in [3.63, 3.8) is 0 Å². The number of nitrogens with one attached hydrogen (secondary N) is 2. The Balaban J connectivity index is 0.00000134. The van der Waals surface area contributed by atoms with Crippen LogP contribution in [0.5, 0.6) is 0 Å². The van der Waals surface area contributed by atoms with Crippen molar-refractivity contribution in [3.8, 4) is 0 Å². The molecule has 0 spiro atoms. The molecule has 0 aliphatic carbocycles. The van der Waals surface area contributed by atoms with Crippen LogP contribution in [0.4, 0.5) is 9.18 Å². The Morgan fingerprint density at radius 3 is 2.26 bits per heavy atom. The first-order valence-electron chi connectivity index (χ1n) is 11.3. The van der Waals surface area contributed by atoms with Gasteiger partial charge in [0.2, 0.25) is 0 Å². The Morgan fingerprint density at radius 1 is 1.23 bits per heavy atom. The number of hydrogen-bond acceptors (Lipinski definition) is 5. The highest BCUT2D eigenvalue weighted by Gasteiger charge is 2.25. The first-order valence-corrected chi connectivity index (χ1v) is 12.6. The average Bonchev–Trinajstić information content (AvgIpc) is 3.25. The van der Waals surface area contributed by atoms with Gasteiger partial charge in [-0.15, -0.1) is 0 Å². The summed E-state index contributed by atoms with van der Waals surface area (Å²) in [6.45, 7) is 13.9. The van der Waals surface area contributed by atoms with E-state index < -0.39 is 11.7 Å². The fourth-order valence-corrected chi connectivity index (χ4v) is 3.34. The molecule has 5 nitrogen and oxygen atoms in total. The van der Waals surface area contributed by atoms with E-state index in [2.05, 4.69) is 21.9 Å². The lowest BCUT2D eigenvalue weighted by atomic mass is 9.99. The van der Waals surface area contributed by atoms with Gasteiger partial charge in [-0.2, -0.15) is 0 Å². The summed E-state index contributed by atoms with van der Waals surface area (Å²) in [6.07, 6.45) is 5.23. The van der Waals surface area contributed by atoms with E-state index in [0.29, 0.717) is 18.0 Å². The normalized spacial score (nSPS) is 15.6. The van der Waals surface area contributed by atoms with Crippen molar-refractivity contribution in [2.75, 3.05) is 26.4 Å². The van der Waals surface area contributed by atoms with Gasteiger partial charge in [0.25, 0.3) is 0 Å². The number of alkyl carbamates (subject to hydrolysis) is 1. The molecule has 0 radical (unpaired) electrons. The Kier molecular flexibility index (Phi) is 15.7. The van der Waals surface area contributed by atoms with Gasteiger partial charge < -0.3 is 15.0 Å². The van der Waals surface area contributed by atoms with Gasteiger partial charge in [0.1, 0.15) is 11.4 Å². The molecule has 1 saturated heterocycles. The maximum atomic E-state index is 14.0. The first-order chi connectivity index (χ1) is 14.7. The number of benzene rings is 1. The molecule has 1 aliphatic rings. The van der Waals surface area contributed by atoms with Crippen molar-refractivity contribution >= 4 is 18.0 Å². The summed E-state index contributed by atoms with van der Waals surface area (Å²) in [6, 6.07) is 6.93. The Morgan fingerprint density at radius 2 is 1.77 bits per heavy atom. The van der Waals surface area contributed by atoms with Crippen molar-refractivity contribution in [2.45, 2.75) is 84.9 Å². The molecular weight excluding hydrogens is 413 g/mol. The third kappa shape index (κ3) is 13.7. The zero-order valence-corrected chi connectivity index (χ0v) is 21.6. The third-order valence-corrected chi connectivity index (χ3v) is 5.15. The number of ether oxygens (including phenoxy) is 1. The van der Waals surface area contributed by atoms with E-state index in [-0.39, 0.29) is 11.9 Å². The Bertz CT molecular complexity index is 603. The second-order valence-electron chi connectivity index (χ2n) is 8.37. The number of halogens is 1. The first kappa shape index (κ1) is 29.7. The Labute approximate surface area is 194 Å². The molecule has 2 unspecified atom stereocenters. The van der Waals surface area contributed by atoms with Gasteiger partial charge in [0, 0.05) is 12.1 Å². The minimum absolute atomic E-state index is 0.164. The molecule has 1 aromatic rings. The van der Waals surface area contributed by atoms with Crippen molar-refractivity contribution in [2.24, 2.45) is 0 Å². The second kappa shape index (κ2) is 16.3. The molecule has 1 fully saturated rings. The van der Waals surface area contributed by atoms with Crippen LogP contribution in [0.25, 0.3) is 0 Å². The number of rotatable bonds is 7. The summed E-state index contributed by atoms with van der Waals surface area (Å²) in [5.41, 5.74) is 0.0740. The predicted molar refractivity (Wildman–Crippen MR) is 132 cm³/mol. The number of carbonyl (C=O) groups is 1. The molecule has 2 atom stereocenters. The predicted octanol–water partition coefficient (Wildman–Crippen LogP) is 5.65. The van der Waals surface area contributed by atoms with Crippen LogP contribution in [0.2, 0.25) is 0 Å². The van der Waals surface area contributed by atoms with Crippen LogP contribution in [0.1, 0.15) is 66.4 Å². The maximum Gasteiger partial charge on any atom is 0.407 e. The van der Waals surface area contributed by atoms with Crippen LogP contribution in [0, 0.1) is 5.82 Å². The smallest absolute Gasteiger partial charge is 0.407 e. The van der Waals surface area contributed by atoms with Crippen LogP contribution in [0.15, 0.2) is 24.3 Å². The highest BCUT2D eigenvalue weighted by Crippen LogP contribution is 2.18. The molecule has 0 bridgehead atoms. The highest BCUT2D eigenvalue weighted by molar-refractivity contribution is 7.96. The van der Waals surface area contributed by atoms with Gasteiger partial charge in [-0.25, -0.2) is 9.18 Å². The average molecular weight is 458 g/mol. The molecule has 0 saturated carbocycles. The molecule has 1 aliphatic heterocycles. The summed E-state index contributed by atoms with van der Waals surface area (Å²) in [4.78, 5) is 14.6. The zero-order chi connectivity index (χ0) is 23.9. The topological polar surface area (TPSA) is 53.6 Å². The van der Waals surface area contributed by atoms with Crippen LogP contribution in [0.3, 0.4) is 0 Å². The van der Waals surface area contributed by atoms with E-state index in [0.717, 1.165) is 19.5 Å². The third-order valence-electron chi connectivity index (χ3n) is 4.74. The SMILES string of the molecule is CC.CC(CC(Cc1ccccc1F)NC(=O)OC(C)(C)C)N1CCCC1.CNSC. The molecule has 7 heteroatoms. The highest BCUT2D eigenvalue weighted by atomic mass is 32.2. The summed E-state index contributed by atoms with van der Waals surface area (Å²) in [5.74, 6) is -0.229. The maximum absolute atomic E-state index is 14.0. The summed E-state index contributed by atoms with van der Waals surface area (Å²) in [7, 11) is 1.89.